The van der Waals surface area contributed by atoms with Gasteiger partial charge < -0.3 is 9.80 Å². The molecule has 0 aliphatic carbocycles. The maximum absolute atomic E-state index is 13.1. The zero-order valence-electron chi connectivity index (χ0n) is 17.8. The van der Waals surface area contributed by atoms with Crippen molar-refractivity contribution in [2.75, 3.05) is 37.6 Å². The topological polar surface area (TPSA) is 60.9 Å². The van der Waals surface area contributed by atoms with Crippen LogP contribution < -0.4 is 4.90 Å². The predicted molar refractivity (Wildman–Crippen MR) is 118 cm³/mol. The van der Waals surface area contributed by atoms with Gasteiger partial charge in [-0.05, 0) is 50.5 Å². The third kappa shape index (κ3) is 3.84. The first-order valence-corrected chi connectivity index (χ1v) is 11.9. The Morgan fingerprint density at radius 1 is 1.03 bits per heavy atom. The van der Waals surface area contributed by atoms with E-state index in [9.17, 15) is 13.2 Å². The number of carbonyl (C=O) groups is 1. The number of sulfonamides is 1. The third-order valence-corrected chi connectivity index (χ3v) is 8.25. The summed E-state index contributed by atoms with van der Waals surface area (Å²) in [7, 11) is -3.54. The van der Waals surface area contributed by atoms with E-state index in [0.29, 0.717) is 37.6 Å². The largest absolute Gasteiger partial charge is 0.359 e. The summed E-state index contributed by atoms with van der Waals surface area (Å²) in [6.07, 6.45) is 0.950. The molecule has 2 aliphatic heterocycles. The molecule has 0 radical (unpaired) electrons. The molecule has 1 fully saturated rings. The summed E-state index contributed by atoms with van der Waals surface area (Å²) in [5.41, 5.74) is 4.21. The van der Waals surface area contributed by atoms with E-state index < -0.39 is 10.0 Å². The van der Waals surface area contributed by atoms with Crippen LogP contribution in [0.2, 0.25) is 0 Å². The highest BCUT2D eigenvalue weighted by Gasteiger charge is 2.33. The van der Waals surface area contributed by atoms with E-state index in [2.05, 4.69) is 24.0 Å². The van der Waals surface area contributed by atoms with Crippen LogP contribution in [0.25, 0.3) is 0 Å². The van der Waals surface area contributed by atoms with Crippen molar-refractivity contribution in [2.24, 2.45) is 0 Å². The lowest BCUT2D eigenvalue weighted by atomic mass is 10.1. The average molecular weight is 428 g/mol. The number of benzene rings is 2. The number of hydrogen-bond acceptors (Lipinski definition) is 4. The molecular formula is C23H29N3O3S. The van der Waals surface area contributed by atoms with Gasteiger partial charge >= 0.3 is 0 Å². The van der Waals surface area contributed by atoms with Crippen LogP contribution in [0, 0.1) is 13.8 Å². The smallest absolute Gasteiger partial charge is 0.243 e. The summed E-state index contributed by atoms with van der Waals surface area (Å²) < 4.78 is 27.6. The average Bonchev–Trinajstić information content (AvgIpc) is 3.03. The van der Waals surface area contributed by atoms with Crippen LogP contribution in [0.1, 0.15) is 23.6 Å². The fraction of sp³-hybridized carbons (Fsp3) is 0.435. The van der Waals surface area contributed by atoms with Crippen molar-refractivity contribution in [1.29, 1.82) is 0 Å². The highest BCUT2D eigenvalue weighted by atomic mass is 32.2. The van der Waals surface area contributed by atoms with Gasteiger partial charge in [0.25, 0.3) is 0 Å². The Morgan fingerprint density at radius 2 is 1.73 bits per heavy atom. The number of amides is 1. The highest BCUT2D eigenvalue weighted by molar-refractivity contribution is 7.89. The molecule has 0 bridgehead atoms. The molecule has 2 aromatic rings. The number of carbonyl (C=O) groups excluding carboxylic acids is 1. The maximum Gasteiger partial charge on any atom is 0.243 e. The second-order valence-corrected chi connectivity index (χ2v) is 10.3. The van der Waals surface area contributed by atoms with Crippen LogP contribution in [0.5, 0.6) is 0 Å². The van der Waals surface area contributed by atoms with E-state index in [0.717, 1.165) is 23.2 Å². The lowest BCUT2D eigenvalue weighted by Crippen LogP contribution is -2.53. The van der Waals surface area contributed by atoms with Crippen molar-refractivity contribution in [2.45, 2.75) is 38.1 Å². The second-order valence-electron chi connectivity index (χ2n) is 8.36. The molecule has 1 saturated heterocycles. The molecule has 6 nitrogen and oxygen atoms in total. The molecule has 4 rings (SSSR count). The lowest BCUT2D eigenvalue weighted by Gasteiger charge is -2.36. The minimum atomic E-state index is -3.54. The molecule has 7 heteroatoms. The van der Waals surface area contributed by atoms with Gasteiger partial charge in [0.05, 0.1) is 11.4 Å². The monoisotopic (exact) mass is 427 g/mol. The number of fused-ring (bicyclic) bond motifs is 1. The summed E-state index contributed by atoms with van der Waals surface area (Å²) in [6.45, 7) is 7.76. The number of para-hydroxylation sites is 1. The van der Waals surface area contributed by atoms with Crippen LogP contribution in [-0.4, -0.2) is 62.3 Å². The van der Waals surface area contributed by atoms with Gasteiger partial charge in [0, 0.05) is 37.9 Å². The molecule has 2 heterocycles. The maximum atomic E-state index is 13.1. The molecular weight excluding hydrogens is 398 g/mol. The molecule has 160 valence electrons. The molecule has 30 heavy (non-hydrogen) atoms. The van der Waals surface area contributed by atoms with Gasteiger partial charge in [0.1, 0.15) is 0 Å². The van der Waals surface area contributed by atoms with E-state index >= 15 is 0 Å². The normalized spacial score (nSPS) is 19.8. The van der Waals surface area contributed by atoms with Crippen LogP contribution >= 0.6 is 0 Å². The first-order chi connectivity index (χ1) is 14.3. The van der Waals surface area contributed by atoms with Gasteiger partial charge in [0.15, 0.2) is 0 Å². The predicted octanol–water partition coefficient (Wildman–Crippen LogP) is 2.59. The Bertz CT molecular complexity index is 1060. The van der Waals surface area contributed by atoms with Gasteiger partial charge in [-0.2, -0.15) is 4.31 Å². The number of nitrogens with zero attached hydrogens (tertiary/aromatic N) is 3. The van der Waals surface area contributed by atoms with Crippen molar-refractivity contribution in [1.82, 2.24) is 9.21 Å². The molecule has 1 atom stereocenters. The fourth-order valence-electron chi connectivity index (χ4n) is 4.52. The minimum absolute atomic E-state index is 0.0575. The number of anilines is 1. The van der Waals surface area contributed by atoms with E-state index in [-0.39, 0.29) is 11.9 Å². The van der Waals surface area contributed by atoms with E-state index in [1.807, 2.05) is 38.1 Å². The van der Waals surface area contributed by atoms with Crippen LogP contribution in [0.3, 0.4) is 0 Å². The SMILES string of the molecule is Cc1ccc(S(=O)(=O)N2CCN(C(=O)CN3c4ccccc4C[C@H]3C)CC2)c(C)c1. The van der Waals surface area contributed by atoms with Crippen LogP contribution in [0.15, 0.2) is 47.4 Å². The summed E-state index contributed by atoms with van der Waals surface area (Å²) in [5, 5.41) is 0. The van der Waals surface area contributed by atoms with Crippen molar-refractivity contribution >= 4 is 21.6 Å². The van der Waals surface area contributed by atoms with Crippen molar-refractivity contribution in [3.8, 4) is 0 Å². The Kier molecular flexibility index (Phi) is 5.59. The van der Waals surface area contributed by atoms with Crippen LogP contribution in [0.4, 0.5) is 5.69 Å². The van der Waals surface area contributed by atoms with Gasteiger partial charge in [-0.1, -0.05) is 35.9 Å². The zero-order chi connectivity index (χ0) is 21.5. The summed E-state index contributed by atoms with van der Waals surface area (Å²) >= 11 is 0. The third-order valence-electron chi connectivity index (χ3n) is 6.19. The Balaban J connectivity index is 1.40. The summed E-state index contributed by atoms with van der Waals surface area (Å²) in [4.78, 5) is 17.3. The minimum Gasteiger partial charge on any atom is -0.359 e. The lowest BCUT2D eigenvalue weighted by molar-refractivity contribution is -0.130. The van der Waals surface area contributed by atoms with Gasteiger partial charge in [-0.25, -0.2) is 8.42 Å². The quantitative estimate of drug-likeness (QED) is 0.753. The van der Waals surface area contributed by atoms with Gasteiger partial charge in [-0.15, -0.1) is 0 Å². The molecule has 1 amide bonds. The van der Waals surface area contributed by atoms with E-state index in [1.165, 1.54) is 9.87 Å². The number of hydrogen-bond donors (Lipinski definition) is 0. The fourth-order valence-corrected chi connectivity index (χ4v) is 6.15. The molecule has 0 N–H and O–H groups in total. The molecule has 2 aliphatic rings. The Morgan fingerprint density at radius 3 is 2.43 bits per heavy atom. The summed E-state index contributed by atoms with van der Waals surface area (Å²) in [6, 6.07) is 13.9. The Labute approximate surface area is 179 Å². The molecule has 0 spiro atoms. The van der Waals surface area contributed by atoms with Crippen molar-refractivity contribution < 1.29 is 13.2 Å². The van der Waals surface area contributed by atoms with Gasteiger partial charge in [0.2, 0.25) is 15.9 Å². The van der Waals surface area contributed by atoms with E-state index in [4.69, 9.17) is 0 Å². The van der Waals surface area contributed by atoms with Crippen LogP contribution in [-0.2, 0) is 21.2 Å². The number of piperazine rings is 1. The second kappa shape index (κ2) is 8.04. The molecule has 0 aromatic heterocycles. The van der Waals surface area contributed by atoms with Gasteiger partial charge in [-0.3, -0.25) is 4.79 Å². The number of rotatable bonds is 4. The first kappa shape index (κ1) is 20.9. The standard InChI is InChI=1S/C23H29N3O3S/c1-17-8-9-22(18(2)14-17)30(28,29)25-12-10-24(11-13-25)23(27)16-26-19(3)15-20-6-4-5-7-21(20)26/h4-9,14,19H,10-13,15-16H2,1-3H3/t19-/m1/s1. The van der Waals surface area contributed by atoms with Crippen molar-refractivity contribution in [3.05, 3.63) is 59.2 Å². The molecule has 2 aromatic carbocycles. The first-order valence-electron chi connectivity index (χ1n) is 10.5. The van der Waals surface area contributed by atoms with E-state index in [1.54, 1.807) is 11.0 Å². The number of aryl methyl sites for hydroxylation is 2. The zero-order valence-corrected chi connectivity index (χ0v) is 18.7. The molecule has 0 unspecified atom stereocenters. The van der Waals surface area contributed by atoms with Crippen molar-refractivity contribution in [3.63, 3.8) is 0 Å². The summed E-state index contributed by atoms with van der Waals surface area (Å²) in [5.74, 6) is 0.0575. The highest BCUT2D eigenvalue weighted by Crippen LogP contribution is 2.31. The Hall–Kier alpha value is -2.38. The molecule has 0 saturated carbocycles.